The van der Waals surface area contributed by atoms with E-state index in [1.807, 2.05) is 0 Å². The van der Waals surface area contributed by atoms with E-state index in [0.717, 1.165) is 17.8 Å². The average Bonchev–Trinajstić information content (AvgIpc) is 2.16. The molecule has 0 aromatic heterocycles. The van der Waals surface area contributed by atoms with Gasteiger partial charge in [0.15, 0.2) is 0 Å². The molecule has 0 aliphatic heterocycles. The first-order valence-electron chi connectivity index (χ1n) is 6.63. The Morgan fingerprint density at radius 3 is 1.87 bits per heavy atom. The van der Waals surface area contributed by atoms with E-state index in [1.165, 1.54) is 19.3 Å². The van der Waals surface area contributed by atoms with Gasteiger partial charge in [-0.15, -0.1) is 0 Å². The first-order valence-corrected chi connectivity index (χ1v) is 6.63. The van der Waals surface area contributed by atoms with Crippen LogP contribution in [0.25, 0.3) is 0 Å². The number of hydrogen-bond donors (Lipinski definition) is 0. The van der Waals surface area contributed by atoms with Crippen LogP contribution in [0.1, 0.15) is 60.8 Å². The maximum atomic E-state index is 2.54. The summed E-state index contributed by atoms with van der Waals surface area (Å²) in [4.78, 5) is 0. The van der Waals surface area contributed by atoms with Crippen LogP contribution in [-0.4, -0.2) is 0 Å². The van der Waals surface area contributed by atoms with Gasteiger partial charge in [-0.1, -0.05) is 53.2 Å². The first kappa shape index (κ1) is 12.8. The summed E-state index contributed by atoms with van der Waals surface area (Å²) in [6.07, 6.45) is 6.61. The third kappa shape index (κ3) is 2.14. The molecule has 0 heteroatoms. The van der Waals surface area contributed by atoms with Crippen LogP contribution in [0.15, 0.2) is 11.6 Å². The minimum atomic E-state index is 0.479. The molecule has 0 spiro atoms. The Labute approximate surface area is 96.2 Å². The van der Waals surface area contributed by atoms with Gasteiger partial charge in [0.2, 0.25) is 0 Å². The van der Waals surface area contributed by atoms with E-state index in [9.17, 15) is 0 Å². The van der Waals surface area contributed by atoms with Crippen LogP contribution in [0.4, 0.5) is 0 Å². The van der Waals surface area contributed by atoms with Crippen LogP contribution in [-0.2, 0) is 0 Å². The minimum absolute atomic E-state index is 0.479. The Bertz CT molecular complexity index is 222. The summed E-state index contributed by atoms with van der Waals surface area (Å²) in [5.41, 5.74) is 2.21. The van der Waals surface area contributed by atoms with Crippen molar-refractivity contribution >= 4 is 0 Å². The molecule has 88 valence electrons. The molecular weight excluding hydrogens is 180 g/mol. The second-order valence-electron chi connectivity index (χ2n) is 6.06. The molecule has 0 atom stereocenters. The molecule has 0 heterocycles. The largest absolute Gasteiger partial charge is 0.0845 e. The van der Waals surface area contributed by atoms with E-state index in [4.69, 9.17) is 0 Å². The highest BCUT2D eigenvalue weighted by Crippen LogP contribution is 2.51. The monoisotopic (exact) mass is 208 g/mol. The van der Waals surface area contributed by atoms with Crippen molar-refractivity contribution in [2.45, 2.75) is 60.8 Å². The van der Waals surface area contributed by atoms with E-state index in [0.29, 0.717) is 5.41 Å². The molecule has 1 aliphatic carbocycles. The predicted octanol–water partition coefficient (Wildman–Crippen LogP) is 5.05. The van der Waals surface area contributed by atoms with Crippen LogP contribution in [0.3, 0.4) is 0 Å². The van der Waals surface area contributed by atoms with E-state index in [1.54, 1.807) is 5.57 Å². The van der Waals surface area contributed by atoms with Gasteiger partial charge in [0, 0.05) is 0 Å². The van der Waals surface area contributed by atoms with Gasteiger partial charge in [-0.05, 0) is 42.4 Å². The summed E-state index contributed by atoms with van der Waals surface area (Å²) in [7, 11) is 0. The lowest BCUT2D eigenvalue weighted by atomic mass is 9.57. The SMILES string of the molecule is CC(C)C1=CCCCC1(C(C)C)C(C)C. The molecule has 15 heavy (non-hydrogen) atoms. The number of allylic oxidation sites excluding steroid dienone is 2. The maximum absolute atomic E-state index is 2.54. The second-order valence-corrected chi connectivity index (χ2v) is 6.06. The quantitative estimate of drug-likeness (QED) is 0.569. The molecule has 0 aromatic carbocycles. The summed E-state index contributed by atoms with van der Waals surface area (Å²) in [6, 6.07) is 0. The van der Waals surface area contributed by atoms with Gasteiger partial charge in [0.05, 0.1) is 0 Å². The van der Waals surface area contributed by atoms with Crippen molar-refractivity contribution in [3.8, 4) is 0 Å². The smallest absolute Gasteiger partial charge is 0.00395 e. The first-order chi connectivity index (χ1) is 6.93. The van der Waals surface area contributed by atoms with Crippen molar-refractivity contribution in [1.82, 2.24) is 0 Å². The van der Waals surface area contributed by atoms with Crippen molar-refractivity contribution in [3.63, 3.8) is 0 Å². The summed E-state index contributed by atoms with van der Waals surface area (Å²) in [6.45, 7) is 14.3. The normalized spacial score (nSPS) is 21.3. The van der Waals surface area contributed by atoms with Gasteiger partial charge in [-0.2, -0.15) is 0 Å². The van der Waals surface area contributed by atoms with E-state index < -0.39 is 0 Å². The zero-order valence-electron chi connectivity index (χ0n) is 11.4. The van der Waals surface area contributed by atoms with Gasteiger partial charge >= 0.3 is 0 Å². The highest BCUT2D eigenvalue weighted by atomic mass is 14.5. The molecule has 0 unspecified atom stereocenters. The molecule has 0 amide bonds. The Kier molecular flexibility index (Phi) is 4.03. The lowest BCUT2D eigenvalue weighted by molar-refractivity contribution is 0.122. The third-order valence-electron chi connectivity index (χ3n) is 4.38. The highest BCUT2D eigenvalue weighted by molar-refractivity contribution is 5.21. The van der Waals surface area contributed by atoms with Gasteiger partial charge < -0.3 is 0 Å². The molecule has 0 radical (unpaired) electrons. The molecule has 1 rings (SSSR count). The molecule has 0 saturated carbocycles. The summed E-state index contributed by atoms with van der Waals surface area (Å²) >= 11 is 0. The van der Waals surface area contributed by atoms with Crippen molar-refractivity contribution in [1.29, 1.82) is 0 Å². The van der Waals surface area contributed by atoms with Crippen molar-refractivity contribution in [3.05, 3.63) is 11.6 Å². The minimum Gasteiger partial charge on any atom is -0.0845 e. The second kappa shape index (κ2) is 4.72. The van der Waals surface area contributed by atoms with Crippen LogP contribution >= 0.6 is 0 Å². The molecular formula is C15H28. The van der Waals surface area contributed by atoms with E-state index >= 15 is 0 Å². The van der Waals surface area contributed by atoms with Crippen LogP contribution in [0.5, 0.6) is 0 Å². The van der Waals surface area contributed by atoms with Crippen LogP contribution < -0.4 is 0 Å². The molecule has 0 nitrogen and oxygen atoms in total. The predicted molar refractivity (Wildman–Crippen MR) is 68.9 cm³/mol. The number of hydrogen-bond acceptors (Lipinski definition) is 0. The van der Waals surface area contributed by atoms with Crippen molar-refractivity contribution in [2.24, 2.45) is 23.2 Å². The Hall–Kier alpha value is -0.260. The maximum Gasteiger partial charge on any atom is -0.00395 e. The number of rotatable bonds is 3. The Balaban J connectivity index is 3.14. The van der Waals surface area contributed by atoms with Crippen LogP contribution in [0.2, 0.25) is 0 Å². The van der Waals surface area contributed by atoms with Gasteiger partial charge in [-0.25, -0.2) is 0 Å². The molecule has 0 saturated heterocycles. The van der Waals surface area contributed by atoms with Gasteiger partial charge in [0.25, 0.3) is 0 Å². The van der Waals surface area contributed by atoms with E-state index in [-0.39, 0.29) is 0 Å². The molecule has 0 aromatic rings. The fourth-order valence-electron chi connectivity index (χ4n) is 3.67. The van der Waals surface area contributed by atoms with Crippen molar-refractivity contribution < 1.29 is 0 Å². The van der Waals surface area contributed by atoms with Crippen LogP contribution in [0, 0.1) is 23.2 Å². The third-order valence-corrected chi connectivity index (χ3v) is 4.38. The van der Waals surface area contributed by atoms with Crippen molar-refractivity contribution in [2.75, 3.05) is 0 Å². The Morgan fingerprint density at radius 2 is 1.53 bits per heavy atom. The fourth-order valence-corrected chi connectivity index (χ4v) is 3.67. The zero-order valence-corrected chi connectivity index (χ0v) is 11.4. The summed E-state index contributed by atoms with van der Waals surface area (Å²) < 4.78 is 0. The van der Waals surface area contributed by atoms with Gasteiger partial charge in [-0.3, -0.25) is 0 Å². The van der Waals surface area contributed by atoms with Gasteiger partial charge in [0.1, 0.15) is 0 Å². The highest BCUT2D eigenvalue weighted by Gasteiger charge is 2.41. The fraction of sp³-hybridized carbons (Fsp3) is 0.867. The summed E-state index contributed by atoms with van der Waals surface area (Å²) in [5.74, 6) is 2.26. The average molecular weight is 208 g/mol. The zero-order chi connectivity index (χ0) is 11.6. The standard InChI is InChI=1S/C15H28/c1-11(2)14-9-7-8-10-15(14,12(3)4)13(5)6/h9,11-13H,7-8,10H2,1-6H3. The molecule has 1 aliphatic rings. The molecule has 0 N–H and O–H groups in total. The van der Waals surface area contributed by atoms with E-state index in [2.05, 4.69) is 47.6 Å². The molecule has 0 bridgehead atoms. The summed E-state index contributed by atoms with van der Waals surface area (Å²) in [5, 5.41) is 0. The topological polar surface area (TPSA) is 0 Å². The lowest BCUT2D eigenvalue weighted by Gasteiger charge is -2.47. The lowest BCUT2D eigenvalue weighted by Crippen LogP contribution is -2.38. The Morgan fingerprint density at radius 1 is 1.00 bits per heavy atom. The molecule has 0 fully saturated rings.